The molecule has 2 atom stereocenters. The quantitative estimate of drug-likeness (QED) is 0.579. The number of amides is 2. The average molecular weight is 244 g/mol. The Labute approximate surface area is 98.3 Å². The van der Waals surface area contributed by atoms with Crippen LogP contribution in [0.4, 0.5) is 4.79 Å². The summed E-state index contributed by atoms with van der Waals surface area (Å²) in [4.78, 5) is 24.4. The molecule has 7 nitrogen and oxygen atoms in total. The van der Waals surface area contributed by atoms with E-state index in [-0.39, 0.29) is 19.6 Å². The molecule has 2 rings (SSSR count). The topological polar surface area (TPSA) is 99.1 Å². The molecule has 0 spiro atoms. The molecule has 0 aromatic carbocycles. The molecule has 0 bridgehead atoms. The fourth-order valence-corrected chi connectivity index (χ4v) is 2.10. The number of rotatable bonds is 2. The molecule has 0 aliphatic carbocycles. The third-order valence-electron chi connectivity index (χ3n) is 3.23. The molecule has 7 heteroatoms. The normalized spacial score (nSPS) is 32.8. The number of carboxylic acid groups (broad SMARTS) is 1. The van der Waals surface area contributed by atoms with Gasteiger partial charge in [-0.05, 0) is 6.42 Å². The molecule has 2 fully saturated rings. The van der Waals surface area contributed by atoms with E-state index in [0.29, 0.717) is 19.6 Å². The summed E-state index contributed by atoms with van der Waals surface area (Å²) in [5.41, 5.74) is -1.31. The Morgan fingerprint density at radius 1 is 1.47 bits per heavy atom. The Morgan fingerprint density at radius 2 is 2.24 bits per heavy atom. The van der Waals surface area contributed by atoms with Gasteiger partial charge in [-0.2, -0.15) is 0 Å². The smallest absolute Gasteiger partial charge is 0.332 e. The van der Waals surface area contributed by atoms with Gasteiger partial charge in [0.15, 0.2) is 5.54 Å². The van der Waals surface area contributed by atoms with Gasteiger partial charge in [0.05, 0.1) is 12.7 Å². The number of β-amino-alcohol motifs (C(OH)–C–C–N with tert-alkyl or cyclic N) is 1. The molecule has 2 saturated heterocycles. The van der Waals surface area contributed by atoms with Crippen molar-refractivity contribution < 1.29 is 24.5 Å². The second kappa shape index (κ2) is 4.50. The van der Waals surface area contributed by atoms with Gasteiger partial charge in [-0.15, -0.1) is 0 Å². The van der Waals surface area contributed by atoms with E-state index >= 15 is 0 Å². The molecule has 2 aliphatic rings. The lowest BCUT2D eigenvalue weighted by Gasteiger charge is -2.27. The van der Waals surface area contributed by atoms with Gasteiger partial charge in [0.2, 0.25) is 0 Å². The minimum atomic E-state index is -1.31. The number of hydrogen-bond donors (Lipinski definition) is 3. The van der Waals surface area contributed by atoms with E-state index in [1.807, 2.05) is 0 Å². The molecule has 2 amide bonds. The second-order valence-electron chi connectivity index (χ2n) is 4.51. The van der Waals surface area contributed by atoms with Gasteiger partial charge in [-0.25, -0.2) is 9.59 Å². The number of aliphatic hydroxyl groups excluding tert-OH is 1. The number of carbonyl (C=O) groups excluding carboxylic acids is 1. The molecule has 96 valence electrons. The molecule has 2 heterocycles. The number of nitrogens with one attached hydrogen (secondary N) is 1. The SMILES string of the molecule is O=C(NC1(C(=O)O)CCOC1)N1CCC(O)C1. The number of carboxylic acids is 1. The van der Waals surface area contributed by atoms with Crippen LogP contribution in [-0.4, -0.2) is 65.1 Å². The fourth-order valence-electron chi connectivity index (χ4n) is 2.10. The minimum Gasteiger partial charge on any atom is -0.479 e. The van der Waals surface area contributed by atoms with E-state index in [1.54, 1.807) is 0 Å². The maximum absolute atomic E-state index is 11.8. The van der Waals surface area contributed by atoms with E-state index in [4.69, 9.17) is 9.84 Å². The molecule has 0 aromatic rings. The highest BCUT2D eigenvalue weighted by molar-refractivity contribution is 5.86. The number of ether oxygens (including phenoxy) is 1. The Hall–Kier alpha value is -1.34. The van der Waals surface area contributed by atoms with Crippen LogP contribution in [0, 0.1) is 0 Å². The Morgan fingerprint density at radius 3 is 2.71 bits per heavy atom. The van der Waals surface area contributed by atoms with Crippen molar-refractivity contribution in [3.05, 3.63) is 0 Å². The molecule has 0 radical (unpaired) electrons. The molecule has 3 N–H and O–H groups in total. The monoisotopic (exact) mass is 244 g/mol. The van der Waals surface area contributed by atoms with Crippen LogP contribution in [0.1, 0.15) is 12.8 Å². The van der Waals surface area contributed by atoms with Gasteiger partial charge in [-0.1, -0.05) is 0 Å². The summed E-state index contributed by atoms with van der Waals surface area (Å²) in [6, 6.07) is -0.450. The van der Waals surface area contributed by atoms with E-state index in [2.05, 4.69) is 5.32 Å². The first-order chi connectivity index (χ1) is 8.03. The predicted molar refractivity (Wildman–Crippen MR) is 56.5 cm³/mol. The fraction of sp³-hybridized carbons (Fsp3) is 0.800. The molecule has 17 heavy (non-hydrogen) atoms. The maximum atomic E-state index is 11.8. The van der Waals surface area contributed by atoms with Gasteiger partial charge in [0, 0.05) is 26.1 Å². The standard InChI is InChI=1S/C10H16N2O5/c13-7-1-3-12(5-7)9(16)11-10(8(14)15)2-4-17-6-10/h7,13H,1-6H2,(H,11,16)(H,14,15). The van der Waals surface area contributed by atoms with Crippen molar-refractivity contribution in [2.45, 2.75) is 24.5 Å². The zero-order chi connectivity index (χ0) is 12.5. The van der Waals surface area contributed by atoms with Crippen LogP contribution in [0.2, 0.25) is 0 Å². The lowest BCUT2D eigenvalue weighted by molar-refractivity contribution is -0.144. The van der Waals surface area contributed by atoms with Gasteiger partial charge >= 0.3 is 12.0 Å². The zero-order valence-corrected chi connectivity index (χ0v) is 9.39. The first-order valence-electron chi connectivity index (χ1n) is 5.60. The third kappa shape index (κ3) is 2.34. The lowest BCUT2D eigenvalue weighted by atomic mass is 9.99. The van der Waals surface area contributed by atoms with E-state index < -0.39 is 23.6 Å². The number of aliphatic hydroxyl groups is 1. The van der Waals surface area contributed by atoms with E-state index in [0.717, 1.165) is 0 Å². The van der Waals surface area contributed by atoms with Crippen LogP contribution in [0.3, 0.4) is 0 Å². The van der Waals surface area contributed by atoms with Crippen LogP contribution in [0.15, 0.2) is 0 Å². The van der Waals surface area contributed by atoms with Crippen molar-refractivity contribution in [2.24, 2.45) is 0 Å². The summed E-state index contributed by atoms with van der Waals surface area (Å²) >= 11 is 0. The van der Waals surface area contributed by atoms with Crippen molar-refractivity contribution in [1.82, 2.24) is 10.2 Å². The van der Waals surface area contributed by atoms with Gasteiger partial charge in [0.1, 0.15) is 0 Å². The van der Waals surface area contributed by atoms with Crippen LogP contribution >= 0.6 is 0 Å². The van der Waals surface area contributed by atoms with Crippen LogP contribution in [-0.2, 0) is 9.53 Å². The highest BCUT2D eigenvalue weighted by atomic mass is 16.5. The first-order valence-corrected chi connectivity index (χ1v) is 5.60. The molecule has 0 aromatic heterocycles. The number of aliphatic carboxylic acids is 1. The van der Waals surface area contributed by atoms with Crippen molar-refractivity contribution in [3.8, 4) is 0 Å². The van der Waals surface area contributed by atoms with Gasteiger partial charge < -0.3 is 25.2 Å². The zero-order valence-electron chi connectivity index (χ0n) is 9.39. The number of urea groups is 1. The number of likely N-dealkylation sites (tertiary alicyclic amines) is 1. The Bertz CT molecular complexity index is 327. The van der Waals surface area contributed by atoms with Gasteiger partial charge in [0.25, 0.3) is 0 Å². The van der Waals surface area contributed by atoms with E-state index in [1.165, 1.54) is 4.90 Å². The summed E-state index contributed by atoms with van der Waals surface area (Å²) in [5.74, 6) is -1.08. The van der Waals surface area contributed by atoms with Crippen molar-refractivity contribution in [1.29, 1.82) is 0 Å². The average Bonchev–Trinajstić information content (AvgIpc) is 2.87. The summed E-state index contributed by atoms with van der Waals surface area (Å²) in [5, 5.41) is 21.0. The Kier molecular flexibility index (Phi) is 3.21. The van der Waals surface area contributed by atoms with Gasteiger partial charge in [-0.3, -0.25) is 0 Å². The molecule has 0 saturated carbocycles. The molecule has 2 aliphatic heterocycles. The second-order valence-corrected chi connectivity index (χ2v) is 4.51. The van der Waals surface area contributed by atoms with Crippen molar-refractivity contribution >= 4 is 12.0 Å². The summed E-state index contributed by atoms with van der Waals surface area (Å²) in [6.45, 7) is 1.02. The third-order valence-corrected chi connectivity index (χ3v) is 3.23. The van der Waals surface area contributed by atoms with Crippen molar-refractivity contribution in [3.63, 3.8) is 0 Å². The summed E-state index contributed by atoms with van der Waals surface area (Å²) < 4.78 is 5.04. The molecular weight excluding hydrogens is 228 g/mol. The summed E-state index contributed by atoms with van der Waals surface area (Å²) in [6.07, 6.45) is 0.287. The predicted octanol–water partition coefficient (Wildman–Crippen LogP) is -0.994. The van der Waals surface area contributed by atoms with Crippen LogP contribution in [0.5, 0.6) is 0 Å². The highest BCUT2D eigenvalue weighted by Gasteiger charge is 2.45. The summed E-state index contributed by atoms with van der Waals surface area (Å²) in [7, 11) is 0. The molecule has 2 unspecified atom stereocenters. The van der Waals surface area contributed by atoms with Crippen LogP contribution < -0.4 is 5.32 Å². The molecular formula is C10H16N2O5. The maximum Gasteiger partial charge on any atom is 0.332 e. The largest absolute Gasteiger partial charge is 0.479 e. The van der Waals surface area contributed by atoms with Crippen LogP contribution in [0.25, 0.3) is 0 Å². The number of nitrogens with zero attached hydrogens (tertiary/aromatic N) is 1. The Balaban J connectivity index is 1.99. The van der Waals surface area contributed by atoms with Crippen molar-refractivity contribution in [2.75, 3.05) is 26.3 Å². The lowest BCUT2D eigenvalue weighted by Crippen LogP contribution is -2.58. The number of hydrogen-bond acceptors (Lipinski definition) is 4. The highest BCUT2D eigenvalue weighted by Crippen LogP contribution is 2.20. The van der Waals surface area contributed by atoms with E-state index in [9.17, 15) is 14.7 Å². The number of carbonyl (C=O) groups is 2. The minimum absolute atomic E-state index is 0.00946. The first kappa shape index (κ1) is 12.1.